The van der Waals surface area contributed by atoms with E-state index in [1.54, 1.807) is 54.6 Å². The molecular formula is C28H19ClF3N3O4S. The van der Waals surface area contributed by atoms with E-state index >= 15 is 0 Å². The molecule has 12 heteroatoms. The molecule has 2 N–H and O–H groups in total. The van der Waals surface area contributed by atoms with Crippen LogP contribution in [0.15, 0.2) is 102 Å². The van der Waals surface area contributed by atoms with Crippen molar-refractivity contribution in [1.82, 2.24) is 0 Å². The molecule has 7 nitrogen and oxygen atoms in total. The molecule has 40 heavy (non-hydrogen) atoms. The molecule has 4 aromatic carbocycles. The number of non-ortho nitro benzene ring substituents is 1. The fourth-order valence-electron chi connectivity index (χ4n) is 3.64. The number of nitro benzene ring substituents is 1. The zero-order valence-electron chi connectivity index (χ0n) is 20.3. The minimum Gasteiger partial charge on any atom is -0.323 e. The monoisotopic (exact) mass is 585 g/mol. The summed E-state index contributed by atoms with van der Waals surface area (Å²) in [5, 5.41) is 15.3. The van der Waals surface area contributed by atoms with E-state index in [1.165, 1.54) is 18.2 Å². The summed E-state index contributed by atoms with van der Waals surface area (Å²) in [5.74, 6) is -1.18. The van der Waals surface area contributed by atoms with E-state index < -0.39 is 33.7 Å². The number of carbonyl (C=O) groups is 2. The standard InChI is InChI=1S/C28H19ClF3N3O4S/c29-23-13-12-19(28(30,31)32)15-24(23)34-27(37)25(17-6-2-1-3-7-17)40-22-11-5-9-20(16-22)33-26(36)18-8-4-10-21(14-18)35(38)39/h1-16,25H,(H,33,36)(H,34,37). The highest BCUT2D eigenvalue weighted by molar-refractivity contribution is 8.00. The first-order chi connectivity index (χ1) is 19.0. The molecule has 0 radical (unpaired) electrons. The normalized spacial score (nSPS) is 11.9. The van der Waals surface area contributed by atoms with Crippen LogP contribution in [0.3, 0.4) is 0 Å². The summed E-state index contributed by atoms with van der Waals surface area (Å²) in [4.78, 5) is 37.0. The first-order valence-corrected chi connectivity index (χ1v) is 12.8. The zero-order chi connectivity index (χ0) is 28.9. The van der Waals surface area contributed by atoms with Gasteiger partial charge in [-0.1, -0.05) is 54.1 Å². The van der Waals surface area contributed by atoms with Gasteiger partial charge in [-0.25, -0.2) is 0 Å². The highest BCUT2D eigenvalue weighted by atomic mass is 35.5. The number of nitrogens with one attached hydrogen (secondary N) is 2. The van der Waals surface area contributed by atoms with E-state index in [9.17, 15) is 32.9 Å². The van der Waals surface area contributed by atoms with E-state index in [0.717, 1.165) is 36.0 Å². The van der Waals surface area contributed by atoms with Gasteiger partial charge in [-0.2, -0.15) is 13.2 Å². The van der Waals surface area contributed by atoms with Gasteiger partial charge in [0.25, 0.3) is 11.6 Å². The van der Waals surface area contributed by atoms with Crippen molar-refractivity contribution in [3.8, 4) is 0 Å². The Bertz CT molecular complexity index is 1570. The van der Waals surface area contributed by atoms with E-state index in [1.807, 2.05) is 0 Å². The Kier molecular flexibility index (Phi) is 8.76. The van der Waals surface area contributed by atoms with E-state index in [0.29, 0.717) is 16.1 Å². The van der Waals surface area contributed by atoms with Gasteiger partial charge in [0.05, 0.1) is 21.2 Å². The first kappa shape index (κ1) is 28.7. The number of halogens is 4. The molecular weight excluding hydrogens is 567 g/mol. The first-order valence-electron chi connectivity index (χ1n) is 11.6. The van der Waals surface area contributed by atoms with Crippen LogP contribution in [0.5, 0.6) is 0 Å². The number of hydrogen-bond donors (Lipinski definition) is 2. The van der Waals surface area contributed by atoms with Gasteiger partial charge in [0.1, 0.15) is 5.25 Å². The number of hydrogen-bond acceptors (Lipinski definition) is 5. The molecule has 4 aromatic rings. The van der Waals surface area contributed by atoms with Crippen molar-refractivity contribution in [3.05, 3.63) is 129 Å². The SMILES string of the molecule is O=C(Nc1cccc(SC(C(=O)Nc2cc(C(F)(F)F)ccc2Cl)c2ccccc2)c1)c1cccc([N+](=O)[O-])c1. The third-order valence-corrected chi connectivity index (χ3v) is 7.13. The molecule has 0 aliphatic heterocycles. The van der Waals surface area contributed by atoms with Crippen molar-refractivity contribution in [1.29, 1.82) is 0 Å². The second kappa shape index (κ2) is 12.2. The third-order valence-electron chi connectivity index (χ3n) is 5.56. The Morgan fingerprint density at radius 3 is 2.30 bits per heavy atom. The van der Waals surface area contributed by atoms with Crippen LogP contribution >= 0.6 is 23.4 Å². The molecule has 0 saturated carbocycles. The maximum atomic E-state index is 13.4. The van der Waals surface area contributed by atoms with E-state index in [4.69, 9.17) is 11.6 Å². The number of alkyl halides is 3. The van der Waals surface area contributed by atoms with Crippen molar-refractivity contribution < 1.29 is 27.7 Å². The second-order valence-electron chi connectivity index (χ2n) is 8.38. The number of anilines is 2. The molecule has 2 amide bonds. The van der Waals surface area contributed by atoms with Gasteiger partial charge < -0.3 is 10.6 Å². The summed E-state index contributed by atoms with van der Waals surface area (Å²) in [6.07, 6.45) is -4.62. The summed E-state index contributed by atoms with van der Waals surface area (Å²) >= 11 is 7.19. The molecule has 0 heterocycles. The van der Waals surface area contributed by atoms with Crippen molar-refractivity contribution >= 4 is 52.2 Å². The Morgan fingerprint density at radius 1 is 0.875 bits per heavy atom. The molecule has 4 rings (SSSR count). The summed E-state index contributed by atoms with van der Waals surface area (Å²) in [7, 11) is 0. The maximum absolute atomic E-state index is 13.4. The lowest BCUT2D eigenvalue weighted by atomic mass is 10.1. The second-order valence-corrected chi connectivity index (χ2v) is 9.97. The lowest BCUT2D eigenvalue weighted by molar-refractivity contribution is -0.384. The Morgan fingerprint density at radius 2 is 1.60 bits per heavy atom. The molecule has 204 valence electrons. The van der Waals surface area contributed by atoms with Crippen LogP contribution in [0.2, 0.25) is 5.02 Å². The topological polar surface area (TPSA) is 101 Å². The lowest BCUT2D eigenvalue weighted by Crippen LogP contribution is -2.20. The molecule has 0 aromatic heterocycles. The number of benzene rings is 4. The van der Waals surface area contributed by atoms with Crippen LogP contribution in [0.25, 0.3) is 0 Å². The van der Waals surface area contributed by atoms with Crippen LogP contribution < -0.4 is 10.6 Å². The number of amides is 2. The summed E-state index contributed by atoms with van der Waals surface area (Å²) < 4.78 is 39.7. The molecule has 1 unspecified atom stereocenters. The number of nitrogens with zero attached hydrogens (tertiary/aromatic N) is 1. The number of thioether (sulfide) groups is 1. The van der Waals surface area contributed by atoms with Crippen LogP contribution in [-0.2, 0) is 11.0 Å². The smallest absolute Gasteiger partial charge is 0.323 e. The zero-order valence-corrected chi connectivity index (χ0v) is 21.9. The highest BCUT2D eigenvalue weighted by Gasteiger charge is 2.31. The summed E-state index contributed by atoms with van der Waals surface area (Å²) in [6, 6.07) is 23.1. The van der Waals surface area contributed by atoms with Crippen molar-refractivity contribution in [2.75, 3.05) is 10.6 Å². The molecule has 0 bridgehead atoms. The van der Waals surface area contributed by atoms with Crippen LogP contribution in [0.1, 0.15) is 26.7 Å². The number of nitro groups is 1. The fraction of sp³-hybridized carbons (Fsp3) is 0.0714. The average molecular weight is 586 g/mol. The van der Waals surface area contributed by atoms with Gasteiger partial charge in [-0.3, -0.25) is 19.7 Å². The number of carbonyl (C=O) groups excluding carboxylic acids is 2. The molecule has 0 aliphatic rings. The number of rotatable bonds is 8. The van der Waals surface area contributed by atoms with Gasteiger partial charge >= 0.3 is 6.18 Å². The largest absolute Gasteiger partial charge is 0.416 e. The minimum absolute atomic E-state index is 0.0518. The van der Waals surface area contributed by atoms with Crippen LogP contribution in [0.4, 0.5) is 30.2 Å². The Balaban J connectivity index is 1.57. The summed E-state index contributed by atoms with van der Waals surface area (Å²) in [6.45, 7) is 0. The van der Waals surface area contributed by atoms with Gasteiger partial charge in [0.2, 0.25) is 5.91 Å². The van der Waals surface area contributed by atoms with E-state index in [-0.39, 0.29) is 22.0 Å². The molecule has 0 saturated heterocycles. The van der Waals surface area contributed by atoms with Gasteiger partial charge in [-0.15, -0.1) is 11.8 Å². The predicted octanol–water partition coefficient (Wildman–Crippen LogP) is 7.99. The Hall–Kier alpha value is -4.35. The van der Waals surface area contributed by atoms with Crippen LogP contribution in [-0.4, -0.2) is 16.7 Å². The van der Waals surface area contributed by atoms with Crippen molar-refractivity contribution in [3.63, 3.8) is 0 Å². The Labute approximate surface area is 235 Å². The molecule has 0 fully saturated rings. The van der Waals surface area contributed by atoms with Gasteiger partial charge in [0, 0.05) is 28.3 Å². The summed E-state index contributed by atoms with van der Waals surface area (Å²) in [5.41, 5.74) is -0.320. The van der Waals surface area contributed by atoms with Gasteiger partial charge in [0.15, 0.2) is 0 Å². The quantitative estimate of drug-likeness (QED) is 0.124. The maximum Gasteiger partial charge on any atom is 0.416 e. The minimum atomic E-state index is -4.62. The fourth-order valence-corrected chi connectivity index (χ4v) is 4.89. The average Bonchev–Trinajstić information content (AvgIpc) is 2.93. The lowest BCUT2D eigenvalue weighted by Gasteiger charge is -2.19. The van der Waals surface area contributed by atoms with Crippen molar-refractivity contribution in [2.24, 2.45) is 0 Å². The highest BCUT2D eigenvalue weighted by Crippen LogP contribution is 2.39. The third kappa shape index (κ3) is 7.19. The van der Waals surface area contributed by atoms with Crippen molar-refractivity contribution in [2.45, 2.75) is 16.3 Å². The van der Waals surface area contributed by atoms with Crippen LogP contribution in [0, 0.1) is 10.1 Å². The van der Waals surface area contributed by atoms with Gasteiger partial charge in [-0.05, 0) is 48.0 Å². The molecule has 0 aliphatic carbocycles. The van der Waals surface area contributed by atoms with E-state index in [2.05, 4.69) is 10.6 Å². The molecule has 1 atom stereocenters. The molecule has 0 spiro atoms. The predicted molar refractivity (Wildman–Crippen MR) is 148 cm³/mol.